The van der Waals surface area contributed by atoms with Crippen molar-refractivity contribution in [3.8, 4) is 0 Å². The standard InChI is InChI=1S/C15H29N3O2/c1-5-13-11-14(18(6-2)17-13)12-15(3,19)7-8-16-9-10-20-4/h11,16,19H,5-10,12H2,1-4H3. The van der Waals surface area contributed by atoms with Gasteiger partial charge in [0, 0.05) is 32.3 Å². The smallest absolute Gasteiger partial charge is 0.0686 e. The van der Waals surface area contributed by atoms with Gasteiger partial charge in [-0.25, -0.2) is 0 Å². The quantitative estimate of drug-likeness (QED) is 0.637. The van der Waals surface area contributed by atoms with Gasteiger partial charge in [-0.2, -0.15) is 5.10 Å². The maximum atomic E-state index is 10.5. The molecule has 2 N–H and O–H groups in total. The van der Waals surface area contributed by atoms with E-state index in [4.69, 9.17) is 4.74 Å². The first-order valence-electron chi connectivity index (χ1n) is 7.50. The summed E-state index contributed by atoms with van der Waals surface area (Å²) in [6.45, 7) is 9.23. The lowest BCUT2D eigenvalue weighted by molar-refractivity contribution is 0.0490. The Kier molecular flexibility index (Phi) is 7.19. The number of ether oxygens (including phenoxy) is 1. The highest BCUT2D eigenvalue weighted by molar-refractivity contribution is 5.12. The first kappa shape index (κ1) is 17.1. The summed E-state index contributed by atoms with van der Waals surface area (Å²) in [6, 6.07) is 2.11. The fourth-order valence-electron chi connectivity index (χ4n) is 2.24. The van der Waals surface area contributed by atoms with Crippen LogP contribution in [0.2, 0.25) is 0 Å². The van der Waals surface area contributed by atoms with Gasteiger partial charge in [0.2, 0.25) is 0 Å². The van der Waals surface area contributed by atoms with E-state index in [0.717, 1.165) is 37.4 Å². The lowest BCUT2D eigenvalue weighted by Gasteiger charge is -2.23. The van der Waals surface area contributed by atoms with Gasteiger partial charge >= 0.3 is 0 Å². The van der Waals surface area contributed by atoms with Crippen molar-refractivity contribution in [3.05, 3.63) is 17.5 Å². The molecule has 0 saturated heterocycles. The van der Waals surface area contributed by atoms with Crippen molar-refractivity contribution in [2.75, 3.05) is 26.8 Å². The maximum Gasteiger partial charge on any atom is 0.0686 e. The number of nitrogens with zero attached hydrogens (tertiary/aromatic N) is 2. The minimum atomic E-state index is -0.710. The average molecular weight is 283 g/mol. The van der Waals surface area contributed by atoms with E-state index >= 15 is 0 Å². The van der Waals surface area contributed by atoms with E-state index in [9.17, 15) is 5.11 Å². The molecular formula is C15H29N3O2. The number of nitrogens with one attached hydrogen (secondary N) is 1. The highest BCUT2D eigenvalue weighted by Gasteiger charge is 2.22. The fraction of sp³-hybridized carbons (Fsp3) is 0.800. The van der Waals surface area contributed by atoms with E-state index in [1.54, 1.807) is 7.11 Å². The van der Waals surface area contributed by atoms with Crippen LogP contribution in [-0.2, 0) is 24.1 Å². The van der Waals surface area contributed by atoms with Crippen LogP contribution in [0, 0.1) is 0 Å². The molecule has 5 heteroatoms. The zero-order valence-electron chi connectivity index (χ0n) is 13.3. The van der Waals surface area contributed by atoms with Crippen LogP contribution < -0.4 is 5.32 Å². The molecule has 1 rings (SSSR count). The first-order valence-corrected chi connectivity index (χ1v) is 7.50. The van der Waals surface area contributed by atoms with E-state index in [2.05, 4.69) is 30.3 Å². The van der Waals surface area contributed by atoms with Crippen molar-refractivity contribution in [1.29, 1.82) is 0 Å². The number of aryl methyl sites for hydroxylation is 2. The fourth-order valence-corrected chi connectivity index (χ4v) is 2.24. The summed E-state index contributed by atoms with van der Waals surface area (Å²) < 4.78 is 6.97. The van der Waals surface area contributed by atoms with Crippen LogP contribution in [0.4, 0.5) is 0 Å². The molecule has 1 atom stereocenters. The van der Waals surface area contributed by atoms with Gasteiger partial charge in [-0.1, -0.05) is 6.92 Å². The third-order valence-electron chi connectivity index (χ3n) is 3.46. The first-order chi connectivity index (χ1) is 9.52. The topological polar surface area (TPSA) is 59.3 Å². The van der Waals surface area contributed by atoms with Crippen molar-refractivity contribution in [1.82, 2.24) is 15.1 Å². The Labute approximate surface area is 122 Å². The monoisotopic (exact) mass is 283 g/mol. The molecule has 0 bridgehead atoms. The van der Waals surface area contributed by atoms with Gasteiger partial charge in [0.15, 0.2) is 0 Å². The minimum absolute atomic E-state index is 0.639. The van der Waals surface area contributed by atoms with E-state index < -0.39 is 5.60 Å². The third-order valence-corrected chi connectivity index (χ3v) is 3.46. The molecule has 0 aliphatic heterocycles. The SMILES string of the molecule is CCc1cc(CC(C)(O)CCNCCOC)n(CC)n1. The van der Waals surface area contributed by atoms with Crippen molar-refractivity contribution in [2.45, 2.75) is 52.2 Å². The molecule has 0 aliphatic rings. The van der Waals surface area contributed by atoms with Gasteiger partial charge in [-0.05, 0) is 39.3 Å². The maximum absolute atomic E-state index is 10.5. The highest BCUT2D eigenvalue weighted by atomic mass is 16.5. The molecule has 116 valence electrons. The van der Waals surface area contributed by atoms with E-state index in [1.807, 2.05) is 11.6 Å². The van der Waals surface area contributed by atoms with Crippen LogP contribution >= 0.6 is 0 Å². The molecule has 1 aromatic rings. The van der Waals surface area contributed by atoms with E-state index in [0.29, 0.717) is 19.4 Å². The summed E-state index contributed by atoms with van der Waals surface area (Å²) in [7, 11) is 1.69. The van der Waals surface area contributed by atoms with Crippen molar-refractivity contribution in [3.63, 3.8) is 0 Å². The number of hydrogen-bond acceptors (Lipinski definition) is 4. The Balaban J connectivity index is 2.50. The van der Waals surface area contributed by atoms with Gasteiger partial charge < -0.3 is 15.2 Å². The number of methoxy groups -OCH3 is 1. The van der Waals surface area contributed by atoms with Crippen LogP contribution in [0.1, 0.15) is 38.6 Å². The molecule has 20 heavy (non-hydrogen) atoms. The van der Waals surface area contributed by atoms with Gasteiger partial charge in [-0.15, -0.1) is 0 Å². The highest BCUT2D eigenvalue weighted by Crippen LogP contribution is 2.18. The Hall–Kier alpha value is -0.910. The van der Waals surface area contributed by atoms with Gasteiger partial charge in [0.05, 0.1) is 17.9 Å². The number of hydrogen-bond donors (Lipinski definition) is 2. The van der Waals surface area contributed by atoms with Crippen molar-refractivity contribution >= 4 is 0 Å². The van der Waals surface area contributed by atoms with Crippen LogP contribution in [-0.4, -0.2) is 47.3 Å². The zero-order chi connectivity index (χ0) is 15.0. The Morgan fingerprint density at radius 2 is 2.15 bits per heavy atom. The van der Waals surface area contributed by atoms with Gasteiger partial charge in [-0.3, -0.25) is 4.68 Å². The van der Waals surface area contributed by atoms with Crippen molar-refractivity contribution < 1.29 is 9.84 Å². The molecule has 0 saturated carbocycles. The van der Waals surface area contributed by atoms with Gasteiger partial charge in [0.1, 0.15) is 0 Å². The lowest BCUT2D eigenvalue weighted by Crippen LogP contribution is -2.33. The Bertz CT molecular complexity index is 388. The molecule has 0 fully saturated rings. The Morgan fingerprint density at radius 3 is 2.75 bits per heavy atom. The zero-order valence-corrected chi connectivity index (χ0v) is 13.3. The normalized spacial score (nSPS) is 14.4. The summed E-state index contributed by atoms with van der Waals surface area (Å²) in [5.41, 5.74) is 1.50. The molecule has 1 unspecified atom stereocenters. The summed E-state index contributed by atoms with van der Waals surface area (Å²) in [5.74, 6) is 0. The second kappa shape index (κ2) is 8.39. The molecule has 0 radical (unpaired) electrons. The van der Waals surface area contributed by atoms with Crippen LogP contribution in [0.3, 0.4) is 0 Å². The second-order valence-electron chi connectivity index (χ2n) is 5.46. The Morgan fingerprint density at radius 1 is 1.40 bits per heavy atom. The van der Waals surface area contributed by atoms with Gasteiger partial charge in [0.25, 0.3) is 0 Å². The molecule has 0 aliphatic carbocycles. The molecule has 0 amide bonds. The van der Waals surface area contributed by atoms with Crippen LogP contribution in [0.15, 0.2) is 6.07 Å². The van der Waals surface area contributed by atoms with Crippen LogP contribution in [0.25, 0.3) is 0 Å². The van der Waals surface area contributed by atoms with Crippen LogP contribution in [0.5, 0.6) is 0 Å². The minimum Gasteiger partial charge on any atom is -0.390 e. The summed E-state index contributed by atoms with van der Waals surface area (Å²) in [4.78, 5) is 0. The van der Waals surface area contributed by atoms with E-state index in [-0.39, 0.29) is 0 Å². The molecular weight excluding hydrogens is 254 g/mol. The number of aliphatic hydroxyl groups is 1. The molecule has 0 aromatic carbocycles. The lowest BCUT2D eigenvalue weighted by atomic mass is 9.96. The largest absolute Gasteiger partial charge is 0.390 e. The molecule has 1 heterocycles. The second-order valence-corrected chi connectivity index (χ2v) is 5.46. The molecule has 0 spiro atoms. The summed E-state index contributed by atoms with van der Waals surface area (Å²) in [6.07, 6.45) is 2.29. The van der Waals surface area contributed by atoms with Crippen molar-refractivity contribution in [2.24, 2.45) is 0 Å². The molecule has 5 nitrogen and oxygen atoms in total. The number of rotatable bonds is 10. The average Bonchev–Trinajstić information content (AvgIpc) is 2.80. The number of aromatic nitrogens is 2. The molecule has 1 aromatic heterocycles. The third kappa shape index (κ3) is 5.61. The van der Waals surface area contributed by atoms with E-state index in [1.165, 1.54) is 0 Å². The predicted molar refractivity (Wildman–Crippen MR) is 81.0 cm³/mol. The summed E-state index contributed by atoms with van der Waals surface area (Å²) >= 11 is 0. The predicted octanol–water partition coefficient (Wildman–Crippen LogP) is 1.38. The summed E-state index contributed by atoms with van der Waals surface area (Å²) in [5, 5.41) is 18.3.